The molecule has 0 saturated heterocycles. The molecule has 30 heavy (non-hydrogen) atoms. The molecule has 0 bridgehead atoms. The van der Waals surface area contributed by atoms with Crippen molar-refractivity contribution in [1.82, 2.24) is 15.5 Å². The first-order valence-electron chi connectivity index (χ1n) is 11.4. The van der Waals surface area contributed by atoms with E-state index in [0.29, 0.717) is 5.39 Å². The molecule has 1 heterocycles. The minimum Gasteiger partial charge on any atom is -0.385 e. The molecule has 1 aliphatic rings. The second-order valence-electron chi connectivity index (χ2n) is 8.30. The zero-order valence-corrected chi connectivity index (χ0v) is 17.6. The van der Waals surface area contributed by atoms with Crippen LogP contribution in [0.4, 0.5) is 5.69 Å². The Bertz CT molecular complexity index is 1010. The molecule has 158 valence electrons. The van der Waals surface area contributed by atoms with Gasteiger partial charge in [0.1, 0.15) is 0 Å². The Morgan fingerprint density at radius 2 is 1.70 bits per heavy atom. The number of rotatable bonds is 9. The Labute approximate surface area is 178 Å². The number of hydrogen-bond donors (Lipinski definition) is 3. The summed E-state index contributed by atoms with van der Waals surface area (Å²) < 4.78 is 0. The molecule has 0 atom stereocenters. The first-order chi connectivity index (χ1) is 14.8. The summed E-state index contributed by atoms with van der Waals surface area (Å²) in [4.78, 5) is 12.0. The van der Waals surface area contributed by atoms with Gasteiger partial charge in [-0.2, -0.15) is 5.10 Å². The van der Waals surface area contributed by atoms with Crippen molar-refractivity contribution in [3.8, 4) is 11.3 Å². The van der Waals surface area contributed by atoms with Crippen LogP contribution in [0.3, 0.4) is 0 Å². The number of nitrogens with one attached hydrogen (secondary N) is 3. The molecule has 0 aliphatic heterocycles. The molecule has 3 N–H and O–H groups in total. The van der Waals surface area contributed by atoms with E-state index in [1.807, 2.05) is 36.4 Å². The third-order valence-electron chi connectivity index (χ3n) is 6.05. The average molecular weight is 405 g/mol. The van der Waals surface area contributed by atoms with Crippen molar-refractivity contribution in [2.45, 2.75) is 57.4 Å². The van der Waals surface area contributed by atoms with E-state index in [4.69, 9.17) is 0 Å². The summed E-state index contributed by atoms with van der Waals surface area (Å²) in [5.74, 6) is 0. The van der Waals surface area contributed by atoms with Crippen LogP contribution in [-0.2, 0) is 0 Å². The second-order valence-corrected chi connectivity index (χ2v) is 8.30. The van der Waals surface area contributed by atoms with Crippen molar-refractivity contribution < 1.29 is 0 Å². The quantitative estimate of drug-likeness (QED) is 0.434. The summed E-state index contributed by atoms with van der Waals surface area (Å²) >= 11 is 0. The largest absolute Gasteiger partial charge is 0.385 e. The molecule has 3 aromatic rings. The van der Waals surface area contributed by atoms with Crippen molar-refractivity contribution in [2.24, 2.45) is 0 Å². The molecule has 5 nitrogen and oxygen atoms in total. The molecule has 4 rings (SSSR count). The lowest BCUT2D eigenvalue weighted by Crippen LogP contribution is -2.31. The van der Waals surface area contributed by atoms with E-state index >= 15 is 0 Å². The second kappa shape index (κ2) is 10.4. The van der Waals surface area contributed by atoms with Gasteiger partial charge in [0.15, 0.2) is 0 Å². The van der Waals surface area contributed by atoms with Gasteiger partial charge in [0.25, 0.3) is 5.56 Å². The topological polar surface area (TPSA) is 69.8 Å². The molecular weight excluding hydrogens is 372 g/mol. The van der Waals surface area contributed by atoms with Crippen molar-refractivity contribution in [3.05, 3.63) is 58.9 Å². The smallest absolute Gasteiger partial charge is 0.272 e. The lowest BCUT2D eigenvalue weighted by Gasteiger charge is -2.22. The lowest BCUT2D eigenvalue weighted by molar-refractivity contribution is 0.370. The Hall–Kier alpha value is -2.66. The van der Waals surface area contributed by atoms with Crippen LogP contribution < -0.4 is 16.2 Å². The summed E-state index contributed by atoms with van der Waals surface area (Å²) in [6.07, 6.45) is 10.6. The van der Waals surface area contributed by atoms with Crippen molar-refractivity contribution in [2.75, 3.05) is 18.4 Å². The summed E-state index contributed by atoms with van der Waals surface area (Å²) in [5, 5.41) is 15.7. The van der Waals surface area contributed by atoms with Gasteiger partial charge in [-0.1, -0.05) is 56.0 Å². The van der Waals surface area contributed by atoms with Crippen molar-refractivity contribution >= 4 is 16.5 Å². The monoisotopic (exact) mass is 404 g/mol. The normalized spacial score (nSPS) is 14.8. The zero-order chi connectivity index (χ0) is 20.6. The minimum absolute atomic E-state index is 0.151. The molecule has 0 spiro atoms. The molecule has 5 heteroatoms. The molecule has 1 fully saturated rings. The Morgan fingerprint density at radius 1 is 0.900 bits per heavy atom. The fourth-order valence-corrected chi connectivity index (χ4v) is 4.38. The average Bonchev–Trinajstić information content (AvgIpc) is 2.80. The summed E-state index contributed by atoms with van der Waals surface area (Å²) in [5.41, 5.74) is 2.75. The fourth-order valence-electron chi connectivity index (χ4n) is 4.38. The number of fused-ring (bicyclic) bond motifs is 1. The van der Waals surface area contributed by atoms with E-state index < -0.39 is 0 Å². The van der Waals surface area contributed by atoms with Gasteiger partial charge in [-0.15, -0.1) is 0 Å². The number of benzene rings is 2. The first kappa shape index (κ1) is 20.6. The van der Waals surface area contributed by atoms with Crippen LogP contribution in [0.1, 0.15) is 51.4 Å². The van der Waals surface area contributed by atoms with Crippen molar-refractivity contribution in [3.63, 3.8) is 0 Å². The molecular formula is C25H32N4O. The third-order valence-corrected chi connectivity index (χ3v) is 6.05. The van der Waals surface area contributed by atoms with E-state index in [-0.39, 0.29) is 5.56 Å². The zero-order valence-electron chi connectivity index (χ0n) is 17.6. The van der Waals surface area contributed by atoms with Crippen LogP contribution >= 0.6 is 0 Å². The van der Waals surface area contributed by atoms with Gasteiger partial charge >= 0.3 is 0 Å². The molecule has 0 unspecified atom stereocenters. The highest BCUT2D eigenvalue weighted by atomic mass is 16.1. The Morgan fingerprint density at radius 3 is 2.57 bits per heavy atom. The molecule has 1 aliphatic carbocycles. The number of H-pyrrole nitrogens is 1. The van der Waals surface area contributed by atoms with Gasteiger partial charge < -0.3 is 10.6 Å². The van der Waals surface area contributed by atoms with E-state index in [2.05, 4.69) is 33.0 Å². The molecule has 2 aromatic carbocycles. The molecule has 0 amide bonds. The van der Waals surface area contributed by atoms with Crippen LogP contribution in [0.5, 0.6) is 0 Å². The summed E-state index contributed by atoms with van der Waals surface area (Å²) in [7, 11) is 0. The van der Waals surface area contributed by atoms with E-state index in [1.54, 1.807) is 0 Å². The van der Waals surface area contributed by atoms with Crippen LogP contribution in [0.2, 0.25) is 0 Å². The predicted molar refractivity (Wildman–Crippen MR) is 125 cm³/mol. The van der Waals surface area contributed by atoms with Crippen LogP contribution in [0.15, 0.2) is 53.3 Å². The van der Waals surface area contributed by atoms with Gasteiger partial charge in [0.2, 0.25) is 0 Å². The van der Waals surface area contributed by atoms with Gasteiger partial charge in [-0.3, -0.25) is 4.79 Å². The van der Waals surface area contributed by atoms with E-state index in [1.165, 1.54) is 44.9 Å². The fraction of sp³-hybridized carbons (Fsp3) is 0.440. The standard InChI is InChI=1S/C25H32N4O/c30-25-23-15-6-5-14-22(23)24(28-29-25)19-10-9-13-21(18-19)27-17-8-2-7-16-26-20-11-3-1-4-12-20/h5-6,9-10,13-15,18,20,26-27H,1-4,7-8,11-12,16-17H2,(H,29,30). The highest BCUT2D eigenvalue weighted by Gasteiger charge is 2.11. The number of nitrogens with zero attached hydrogens (tertiary/aromatic N) is 1. The van der Waals surface area contributed by atoms with Gasteiger partial charge in [-0.25, -0.2) is 5.10 Å². The first-order valence-corrected chi connectivity index (χ1v) is 11.4. The third kappa shape index (κ3) is 5.28. The number of anilines is 1. The molecule has 1 saturated carbocycles. The number of hydrogen-bond acceptors (Lipinski definition) is 4. The van der Waals surface area contributed by atoms with Crippen LogP contribution in [0.25, 0.3) is 22.0 Å². The van der Waals surface area contributed by atoms with E-state index in [9.17, 15) is 4.79 Å². The Balaban J connectivity index is 1.27. The maximum atomic E-state index is 12.0. The van der Waals surface area contributed by atoms with Crippen LogP contribution in [-0.4, -0.2) is 29.3 Å². The van der Waals surface area contributed by atoms with Gasteiger partial charge in [-0.05, 0) is 50.4 Å². The van der Waals surface area contributed by atoms with Gasteiger partial charge in [0, 0.05) is 29.2 Å². The highest BCUT2D eigenvalue weighted by Crippen LogP contribution is 2.26. The van der Waals surface area contributed by atoms with Crippen LogP contribution in [0, 0.1) is 0 Å². The molecule has 0 radical (unpaired) electrons. The summed E-state index contributed by atoms with van der Waals surface area (Å²) in [6, 6.07) is 16.6. The van der Waals surface area contributed by atoms with Gasteiger partial charge in [0.05, 0.1) is 11.1 Å². The number of aromatic nitrogens is 2. The van der Waals surface area contributed by atoms with Crippen molar-refractivity contribution in [1.29, 1.82) is 0 Å². The predicted octanol–water partition coefficient (Wildman–Crippen LogP) is 5.09. The molecule has 1 aromatic heterocycles. The SMILES string of the molecule is O=c1[nH]nc(-c2cccc(NCCCCCNC3CCCCC3)c2)c2ccccc12. The summed E-state index contributed by atoms with van der Waals surface area (Å²) in [6.45, 7) is 2.11. The lowest BCUT2D eigenvalue weighted by atomic mass is 9.95. The highest BCUT2D eigenvalue weighted by molar-refractivity contribution is 5.94. The maximum absolute atomic E-state index is 12.0. The maximum Gasteiger partial charge on any atom is 0.272 e. The minimum atomic E-state index is -0.151. The Kier molecular flexibility index (Phi) is 7.14. The number of unbranched alkanes of at least 4 members (excludes halogenated alkanes) is 2. The number of aromatic amines is 1. The van der Waals surface area contributed by atoms with E-state index in [0.717, 1.165) is 47.9 Å².